The number of hydrogen-bond donors (Lipinski definition) is 2. The first kappa shape index (κ1) is 10.0. The van der Waals surface area contributed by atoms with Crippen LogP contribution >= 0.6 is 15.9 Å². The van der Waals surface area contributed by atoms with Gasteiger partial charge < -0.3 is 15.5 Å². The maximum Gasteiger partial charge on any atom is 0.197 e. The number of nitrogens with zero attached hydrogens (tertiary/aromatic N) is 1. The van der Waals surface area contributed by atoms with Gasteiger partial charge in [-0.2, -0.15) is 0 Å². The van der Waals surface area contributed by atoms with Gasteiger partial charge in [-0.1, -0.05) is 6.07 Å². The first-order valence-electron chi connectivity index (χ1n) is 4.35. The molecule has 0 saturated heterocycles. The van der Waals surface area contributed by atoms with Crippen LogP contribution < -0.4 is 10.5 Å². The van der Waals surface area contributed by atoms with E-state index in [0.717, 1.165) is 21.5 Å². The smallest absolute Gasteiger partial charge is 0.197 e. The Morgan fingerprint density at radius 3 is 2.87 bits per heavy atom. The van der Waals surface area contributed by atoms with E-state index in [4.69, 9.17) is 10.5 Å². The molecule has 0 fully saturated rings. The first-order valence-corrected chi connectivity index (χ1v) is 5.15. The van der Waals surface area contributed by atoms with Crippen LogP contribution in [0, 0.1) is 0 Å². The van der Waals surface area contributed by atoms with E-state index in [1.807, 2.05) is 18.2 Å². The number of anilines is 1. The van der Waals surface area contributed by atoms with Crippen molar-refractivity contribution in [2.75, 3.05) is 12.8 Å². The van der Waals surface area contributed by atoms with E-state index in [2.05, 4.69) is 25.9 Å². The number of benzene rings is 1. The summed E-state index contributed by atoms with van der Waals surface area (Å²) in [6.45, 7) is 0. The highest BCUT2D eigenvalue weighted by atomic mass is 79.9. The second kappa shape index (κ2) is 3.94. The zero-order chi connectivity index (χ0) is 10.8. The monoisotopic (exact) mass is 267 g/mol. The Bertz CT molecular complexity index is 481. The Morgan fingerprint density at radius 1 is 1.47 bits per heavy atom. The van der Waals surface area contributed by atoms with Crippen molar-refractivity contribution in [2.45, 2.75) is 0 Å². The number of rotatable bonds is 2. The fourth-order valence-electron chi connectivity index (χ4n) is 1.40. The van der Waals surface area contributed by atoms with Gasteiger partial charge in [-0.3, -0.25) is 0 Å². The fraction of sp³-hybridized carbons (Fsp3) is 0.100. The number of H-pyrrole nitrogens is 1. The minimum Gasteiger partial charge on any atom is -0.496 e. The molecule has 4 nitrogen and oxygen atoms in total. The maximum atomic E-state index is 5.53. The van der Waals surface area contributed by atoms with Gasteiger partial charge in [0.25, 0.3) is 0 Å². The number of nitrogens with two attached hydrogens (primary N) is 1. The van der Waals surface area contributed by atoms with Crippen LogP contribution in [-0.2, 0) is 0 Å². The van der Waals surface area contributed by atoms with Gasteiger partial charge in [0.05, 0.1) is 24.6 Å². The molecule has 78 valence electrons. The van der Waals surface area contributed by atoms with Gasteiger partial charge in [0.1, 0.15) is 5.75 Å². The Morgan fingerprint density at radius 2 is 2.27 bits per heavy atom. The third kappa shape index (κ3) is 1.83. The summed E-state index contributed by atoms with van der Waals surface area (Å²) >= 11 is 3.47. The molecule has 0 aliphatic rings. The van der Waals surface area contributed by atoms with Crippen LogP contribution in [0.15, 0.2) is 28.9 Å². The summed E-state index contributed by atoms with van der Waals surface area (Å²) in [6.07, 6.45) is 1.68. The van der Waals surface area contributed by atoms with Crippen molar-refractivity contribution in [3.63, 3.8) is 0 Å². The SMILES string of the molecule is COc1cccc(Br)c1-c1cnc(N)[nH]1. The third-order valence-corrected chi connectivity index (χ3v) is 2.72. The number of halogens is 1. The predicted octanol–water partition coefficient (Wildman–Crippen LogP) is 2.43. The van der Waals surface area contributed by atoms with Crippen molar-refractivity contribution in [3.05, 3.63) is 28.9 Å². The standard InChI is InChI=1S/C10H10BrN3O/c1-15-8-4-2-3-6(11)9(8)7-5-13-10(12)14-7/h2-5H,1H3,(H3,12,13,14). The molecule has 15 heavy (non-hydrogen) atoms. The van der Waals surface area contributed by atoms with Crippen LogP contribution in [0.25, 0.3) is 11.3 Å². The second-order valence-electron chi connectivity index (χ2n) is 3.00. The number of nitrogen functional groups attached to an aromatic ring is 1. The van der Waals surface area contributed by atoms with Crippen LogP contribution in [0.3, 0.4) is 0 Å². The summed E-state index contributed by atoms with van der Waals surface area (Å²) in [5, 5.41) is 0. The molecule has 0 aliphatic heterocycles. The van der Waals surface area contributed by atoms with E-state index >= 15 is 0 Å². The molecule has 0 aliphatic carbocycles. The molecule has 0 unspecified atom stereocenters. The highest BCUT2D eigenvalue weighted by molar-refractivity contribution is 9.10. The molecule has 1 heterocycles. The van der Waals surface area contributed by atoms with Crippen molar-refractivity contribution < 1.29 is 4.74 Å². The van der Waals surface area contributed by atoms with Crippen molar-refractivity contribution in [2.24, 2.45) is 0 Å². The zero-order valence-corrected chi connectivity index (χ0v) is 9.71. The molecule has 0 amide bonds. The van der Waals surface area contributed by atoms with E-state index < -0.39 is 0 Å². The van der Waals surface area contributed by atoms with Crippen molar-refractivity contribution in [1.82, 2.24) is 9.97 Å². The maximum absolute atomic E-state index is 5.53. The van der Waals surface area contributed by atoms with E-state index in [0.29, 0.717) is 5.95 Å². The number of methoxy groups -OCH3 is 1. The van der Waals surface area contributed by atoms with Gasteiger partial charge >= 0.3 is 0 Å². The average molecular weight is 268 g/mol. The predicted molar refractivity (Wildman–Crippen MR) is 62.7 cm³/mol. The quantitative estimate of drug-likeness (QED) is 0.879. The fourth-order valence-corrected chi connectivity index (χ4v) is 1.96. The molecular formula is C10H10BrN3O. The normalized spacial score (nSPS) is 10.3. The van der Waals surface area contributed by atoms with E-state index in [1.54, 1.807) is 13.3 Å². The molecule has 1 aromatic heterocycles. The van der Waals surface area contributed by atoms with Crippen molar-refractivity contribution in [3.8, 4) is 17.0 Å². The molecule has 0 saturated carbocycles. The summed E-state index contributed by atoms with van der Waals surface area (Å²) in [6, 6.07) is 5.73. The summed E-state index contributed by atoms with van der Waals surface area (Å²) in [5.74, 6) is 1.16. The summed E-state index contributed by atoms with van der Waals surface area (Å²) in [7, 11) is 1.63. The molecule has 0 bridgehead atoms. The van der Waals surface area contributed by atoms with Crippen molar-refractivity contribution >= 4 is 21.9 Å². The lowest BCUT2D eigenvalue weighted by Crippen LogP contribution is -1.90. The van der Waals surface area contributed by atoms with Crippen molar-refractivity contribution in [1.29, 1.82) is 0 Å². The topological polar surface area (TPSA) is 63.9 Å². The highest BCUT2D eigenvalue weighted by Crippen LogP contribution is 2.35. The minimum atomic E-state index is 0.391. The van der Waals surface area contributed by atoms with E-state index in [9.17, 15) is 0 Å². The number of ether oxygens (including phenoxy) is 1. The highest BCUT2D eigenvalue weighted by Gasteiger charge is 2.11. The zero-order valence-electron chi connectivity index (χ0n) is 8.12. The average Bonchev–Trinajstić information content (AvgIpc) is 2.64. The Labute approximate surface area is 95.6 Å². The summed E-state index contributed by atoms with van der Waals surface area (Å²) < 4.78 is 6.21. The molecule has 0 atom stereocenters. The lowest BCUT2D eigenvalue weighted by molar-refractivity contribution is 0.416. The molecular weight excluding hydrogens is 258 g/mol. The summed E-state index contributed by atoms with van der Waals surface area (Å²) in [5.41, 5.74) is 7.29. The second-order valence-corrected chi connectivity index (χ2v) is 3.85. The molecule has 3 N–H and O–H groups in total. The lowest BCUT2D eigenvalue weighted by Gasteiger charge is -2.08. The first-order chi connectivity index (χ1) is 7.22. The van der Waals surface area contributed by atoms with E-state index in [-0.39, 0.29) is 0 Å². The van der Waals surface area contributed by atoms with Crippen LogP contribution in [0.4, 0.5) is 5.95 Å². The van der Waals surface area contributed by atoms with Gasteiger partial charge in [-0.25, -0.2) is 4.98 Å². The number of imidazole rings is 1. The van der Waals surface area contributed by atoms with Crippen LogP contribution in [0.2, 0.25) is 0 Å². The molecule has 0 radical (unpaired) electrons. The van der Waals surface area contributed by atoms with Gasteiger partial charge in [-0.05, 0) is 28.1 Å². The molecule has 0 spiro atoms. The van der Waals surface area contributed by atoms with Gasteiger partial charge in [0, 0.05) is 4.47 Å². The molecule has 2 aromatic rings. The number of nitrogens with one attached hydrogen (secondary N) is 1. The number of aromatic nitrogens is 2. The van der Waals surface area contributed by atoms with Crippen LogP contribution in [0.1, 0.15) is 0 Å². The number of hydrogen-bond acceptors (Lipinski definition) is 3. The largest absolute Gasteiger partial charge is 0.496 e. The van der Waals surface area contributed by atoms with Crippen LogP contribution in [-0.4, -0.2) is 17.1 Å². The van der Waals surface area contributed by atoms with Gasteiger partial charge in [-0.15, -0.1) is 0 Å². The van der Waals surface area contributed by atoms with Crippen LogP contribution in [0.5, 0.6) is 5.75 Å². The Balaban J connectivity index is 2.60. The van der Waals surface area contributed by atoms with Gasteiger partial charge in [0.2, 0.25) is 0 Å². The third-order valence-electron chi connectivity index (χ3n) is 2.06. The molecule has 5 heteroatoms. The number of aromatic amines is 1. The Kier molecular flexibility index (Phi) is 2.64. The molecule has 2 rings (SSSR count). The summed E-state index contributed by atoms with van der Waals surface area (Å²) in [4.78, 5) is 6.92. The molecule has 1 aromatic carbocycles. The minimum absolute atomic E-state index is 0.391. The van der Waals surface area contributed by atoms with E-state index in [1.165, 1.54) is 0 Å². The Hall–Kier alpha value is -1.49. The lowest BCUT2D eigenvalue weighted by atomic mass is 10.1. The van der Waals surface area contributed by atoms with Gasteiger partial charge in [0.15, 0.2) is 5.95 Å².